The maximum Gasteiger partial charge on any atom is 0.410 e. The molecule has 0 aliphatic carbocycles. The molecule has 21 heavy (non-hydrogen) atoms. The number of carbonyl (C=O) groups is 1. The van der Waals surface area contributed by atoms with Crippen molar-refractivity contribution in [3.05, 3.63) is 24.0 Å². The van der Waals surface area contributed by atoms with Crippen LogP contribution < -0.4 is 4.74 Å². The molecule has 0 unspecified atom stereocenters. The van der Waals surface area contributed by atoms with E-state index in [1.165, 1.54) is 7.11 Å². The predicted molar refractivity (Wildman–Crippen MR) is 79.0 cm³/mol. The number of ether oxygens (including phenoxy) is 2. The van der Waals surface area contributed by atoms with E-state index >= 15 is 0 Å². The Bertz CT molecular complexity index is 532. The smallest absolute Gasteiger partial charge is 0.410 e. The molecular formula is C15H21N3O3. The van der Waals surface area contributed by atoms with E-state index in [1.54, 1.807) is 17.3 Å². The molecule has 0 aromatic carbocycles. The molecule has 0 saturated carbocycles. The molecule has 1 aromatic heterocycles. The molecule has 0 spiro atoms. The summed E-state index contributed by atoms with van der Waals surface area (Å²) in [7, 11) is 1.54. The van der Waals surface area contributed by atoms with Crippen molar-refractivity contribution >= 4 is 11.7 Å². The summed E-state index contributed by atoms with van der Waals surface area (Å²) in [6.45, 7) is 6.77. The zero-order chi connectivity index (χ0) is 15.5. The molecule has 1 aromatic rings. The Kier molecular flexibility index (Phi) is 4.45. The van der Waals surface area contributed by atoms with E-state index in [9.17, 15) is 4.79 Å². The summed E-state index contributed by atoms with van der Waals surface area (Å²) in [5.41, 5.74) is 1.63. The van der Waals surface area contributed by atoms with Gasteiger partial charge in [-0.25, -0.2) is 14.8 Å². The average Bonchev–Trinajstić information content (AvgIpc) is 2.46. The number of methoxy groups -OCH3 is 1. The third-order valence-electron chi connectivity index (χ3n) is 3.04. The minimum atomic E-state index is -0.467. The standard InChI is InChI=1S/C15H21N3O3/c1-15(2,3)21-14(19)18-7-5-11(6-8-18)12-9-16-13(20-4)17-10-12/h5,9-10H,6-8H2,1-4H3. The quantitative estimate of drug-likeness (QED) is 0.837. The second-order valence-electron chi connectivity index (χ2n) is 5.86. The molecule has 6 nitrogen and oxygen atoms in total. The predicted octanol–water partition coefficient (Wildman–Crippen LogP) is 2.51. The summed E-state index contributed by atoms with van der Waals surface area (Å²) in [4.78, 5) is 21.9. The fourth-order valence-corrected chi connectivity index (χ4v) is 2.01. The molecule has 0 N–H and O–H groups in total. The molecule has 1 amide bonds. The van der Waals surface area contributed by atoms with Gasteiger partial charge in [-0.3, -0.25) is 0 Å². The minimum Gasteiger partial charge on any atom is -0.467 e. The molecule has 0 fully saturated rings. The third kappa shape index (κ3) is 4.18. The van der Waals surface area contributed by atoms with Gasteiger partial charge in [0.15, 0.2) is 0 Å². The van der Waals surface area contributed by atoms with E-state index in [0.717, 1.165) is 17.6 Å². The van der Waals surface area contributed by atoms with Gasteiger partial charge in [-0.2, -0.15) is 0 Å². The molecule has 1 aliphatic rings. The number of hydrogen-bond donors (Lipinski definition) is 0. The van der Waals surface area contributed by atoms with Crippen LogP contribution in [0.1, 0.15) is 32.8 Å². The maximum absolute atomic E-state index is 12.0. The highest BCUT2D eigenvalue weighted by molar-refractivity contribution is 5.72. The van der Waals surface area contributed by atoms with Gasteiger partial charge in [0.2, 0.25) is 0 Å². The first-order valence-electron chi connectivity index (χ1n) is 6.92. The summed E-state index contributed by atoms with van der Waals surface area (Å²) >= 11 is 0. The van der Waals surface area contributed by atoms with Gasteiger partial charge < -0.3 is 14.4 Å². The lowest BCUT2D eigenvalue weighted by Crippen LogP contribution is -2.39. The van der Waals surface area contributed by atoms with Gasteiger partial charge in [-0.15, -0.1) is 0 Å². The maximum atomic E-state index is 12.0. The largest absolute Gasteiger partial charge is 0.467 e. The monoisotopic (exact) mass is 291 g/mol. The highest BCUT2D eigenvalue weighted by Gasteiger charge is 2.23. The van der Waals surface area contributed by atoms with Gasteiger partial charge in [0.05, 0.1) is 7.11 Å². The lowest BCUT2D eigenvalue weighted by Gasteiger charge is -2.29. The number of amides is 1. The van der Waals surface area contributed by atoms with Crippen molar-refractivity contribution in [1.29, 1.82) is 0 Å². The lowest BCUT2D eigenvalue weighted by molar-refractivity contribution is 0.0270. The summed E-state index contributed by atoms with van der Waals surface area (Å²) in [6, 6.07) is 0.352. The highest BCUT2D eigenvalue weighted by Crippen LogP contribution is 2.23. The van der Waals surface area contributed by atoms with Gasteiger partial charge in [-0.1, -0.05) is 6.08 Å². The molecule has 6 heteroatoms. The molecule has 0 saturated heterocycles. The van der Waals surface area contributed by atoms with Crippen LogP contribution in [0.25, 0.3) is 5.57 Å². The molecule has 2 rings (SSSR count). The van der Waals surface area contributed by atoms with Crippen LogP contribution in [-0.2, 0) is 4.74 Å². The Morgan fingerprint density at radius 2 is 1.95 bits per heavy atom. The molecule has 114 valence electrons. The molecule has 0 atom stereocenters. The first-order chi connectivity index (χ1) is 9.89. The fourth-order valence-electron chi connectivity index (χ4n) is 2.01. The zero-order valence-corrected chi connectivity index (χ0v) is 12.9. The molecular weight excluding hydrogens is 270 g/mol. The zero-order valence-electron chi connectivity index (χ0n) is 12.9. The summed E-state index contributed by atoms with van der Waals surface area (Å²) in [5.74, 6) is 0. The van der Waals surface area contributed by atoms with E-state index in [4.69, 9.17) is 9.47 Å². The van der Waals surface area contributed by atoms with Crippen LogP contribution >= 0.6 is 0 Å². The van der Waals surface area contributed by atoms with Gasteiger partial charge in [0.1, 0.15) is 5.60 Å². The van der Waals surface area contributed by atoms with Crippen molar-refractivity contribution in [1.82, 2.24) is 14.9 Å². The van der Waals surface area contributed by atoms with E-state index in [-0.39, 0.29) is 6.09 Å². The number of hydrogen-bond acceptors (Lipinski definition) is 5. The van der Waals surface area contributed by atoms with Crippen molar-refractivity contribution in [3.63, 3.8) is 0 Å². The normalized spacial score (nSPS) is 15.4. The SMILES string of the molecule is COc1ncc(C2=CCN(C(=O)OC(C)(C)C)CC2)cn1. The summed E-state index contributed by atoms with van der Waals surface area (Å²) in [5, 5.41) is 0. The van der Waals surface area contributed by atoms with Crippen LogP contribution in [0.15, 0.2) is 18.5 Å². The lowest BCUT2D eigenvalue weighted by atomic mass is 10.0. The number of aromatic nitrogens is 2. The van der Waals surface area contributed by atoms with Crippen LogP contribution in [-0.4, -0.2) is 46.8 Å². The van der Waals surface area contributed by atoms with Crippen LogP contribution in [0.5, 0.6) is 6.01 Å². The topological polar surface area (TPSA) is 64.5 Å². The Hall–Kier alpha value is -2.11. The molecule has 2 heterocycles. The molecule has 0 bridgehead atoms. The summed E-state index contributed by atoms with van der Waals surface area (Å²) in [6.07, 6.45) is 5.97. The number of rotatable bonds is 2. The van der Waals surface area contributed by atoms with Crippen molar-refractivity contribution < 1.29 is 14.3 Å². The fraction of sp³-hybridized carbons (Fsp3) is 0.533. The van der Waals surface area contributed by atoms with Crippen LogP contribution in [0.2, 0.25) is 0 Å². The first kappa shape index (κ1) is 15.3. The Morgan fingerprint density at radius 1 is 1.29 bits per heavy atom. The Balaban J connectivity index is 1.99. The van der Waals surface area contributed by atoms with Crippen molar-refractivity contribution in [2.24, 2.45) is 0 Å². The van der Waals surface area contributed by atoms with Crippen molar-refractivity contribution in [2.75, 3.05) is 20.2 Å². The van der Waals surface area contributed by atoms with Gasteiger partial charge in [0.25, 0.3) is 0 Å². The van der Waals surface area contributed by atoms with Crippen LogP contribution in [0, 0.1) is 0 Å². The second-order valence-corrected chi connectivity index (χ2v) is 5.86. The summed E-state index contributed by atoms with van der Waals surface area (Å²) < 4.78 is 10.3. The van der Waals surface area contributed by atoms with E-state index in [2.05, 4.69) is 9.97 Å². The number of carbonyl (C=O) groups excluding carboxylic acids is 1. The molecule has 0 radical (unpaired) electrons. The van der Waals surface area contributed by atoms with E-state index < -0.39 is 5.60 Å². The van der Waals surface area contributed by atoms with Gasteiger partial charge >= 0.3 is 12.1 Å². The van der Waals surface area contributed by atoms with E-state index in [0.29, 0.717) is 19.1 Å². The van der Waals surface area contributed by atoms with Crippen molar-refractivity contribution in [3.8, 4) is 6.01 Å². The Labute approximate surface area is 124 Å². The first-order valence-corrected chi connectivity index (χ1v) is 6.92. The van der Waals surface area contributed by atoms with Gasteiger partial charge in [-0.05, 0) is 32.8 Å². The van der Waals surface area contributed by atoms with Gasteiger partial charge in [0, 0.05) is 31.0 Å². The molecule has 1 aliphatic heterocycles. The van der Waals surface area contributed by atoms with Crippen molar-refractivity contribution in [2.45, 2.75) is 32.8 Å². The Morgan fingerprint density at radius 3 is 2.43 bits per heavy atom. The third-order valence-corrected chi connectivity index (χ3v) is 3.04. The van der Waals surface area contributed by atoms with E-state index in [1.807, 2.05) is 26.8 Å². The van der Waals surface area contributed by atoms with Crippen LogP contribution in [0.4, 0.5) is 4.79 Å². The average molecular weight is 291 g/mol. The number of nitrogens with zero attached hydrogens (tertiary/aromatic N) is 3. The second kappa shape index (κ2) is 6.11. The van der Waals surface area contributed by atoms with Crippen LogP contribution in [0.3, 0.4) is 0 Å². The highest BCUT2D eigenvalue weighted by atomic mass is 16.6. The minimum absolute atomic E-state index is 0.274.